The third kappa shape index (κ3) is 3.91. The van der Waals surface area contributed by atoms with Crippen LogP contribution in [0.3, 0.4) is 0 Å². The molecule has 138 valence electrons. The van der Waals surface area contributed by atoms with Crippen molar-refractivity contribution in [1.29, 1.82) is 0 Å². The fourth-order valence-electron chi connectivity index (χ4n) is 3.19. The molecular formula is C18H21ClN4O3. The summed E-state index contributed by atoms with van der Waals surface area (Å²) in [5.74, 6) is 5.14. The molecular weight excluding hydrogens is 356 g/mol. The Labute approximate surface area is 156 Å². The first kappa shape index (κ1) is 18.5. The number of halogens is 1. The number of ether oxygens (including phenoxy) is 1. The van der Waals surface area contributed by atoms with Crippen LogP contribution in [0, 0.1) is 0 Å². The molecule has 0 aromatic heterocycles. The van der Waals surface area contributed by atoms with Gasteiger partial charge in [-0.25, -0.2) is 11.3 Å². The van der Waals surface area contributed by atoms with Crippen LogP contribution >= 0.6 is 11.6 Å². The summed E-state index contributed by atoms with van der Waals surface area (Å²) in [5, 5.41) is 11.2. The van der Waals surface area contributed by atoms with Crippen molar-refractivity contribution in [2.45, 2.75) is 24.9 Å². The van der Waals surface area contributed by atoms with Crippen molar-refractivity contribution >= 4 is 17.5 Å². The topological polar surface area (TPSA) is 109 Å². The Kier molecular flexibility index (Phi) is 5.63. The molecule has 1 aliphatic heterocycles. The van der Waals surface area contributed by atoms with Gasteiger partial charge in [-0.15, -0.1) is 0 Å². The molecule has 8 heteroatoms. The minimum absolute atomic E-state index is 0.0861. The minimum atomic E-state index is -0.452. The monoisotopic (exact) mass is 376 g/mol. The van der Waals surface area contributed by atoms with E-state index in [9.17, 15) is 9.90 Å². The Morgan fingerprint density at radius 3 is 2.65 bits per heavy atom. The molecule has 1 fully saturated rings. The molecule has 2 aromatic rings. The number of rotatable bonds is 5. The van der Waals surface area contributed by atoms with E-state index in [1.165, 1.54) is 6.07 Å². The molecule has 0 saturated carbocycles. The number of aromatic hydroxyl groups is 1. The average Bonchev–Trinajstić information content (AvgIpc) is 3.01. The predicted molar refractivity (Wildman–Crippen MR) is 98.6 cm³/mol. The van der Waals surface area contributed by atoms with Crippen molar-refractivity contribution in [2.75, 3.05) is 6.61 Å². The smallest absolute Gasteiger partial charge is 0.271 e. The molecule has 1 heterocycles. The van der Waals surface area contributed by atoms with Crippen molar-refractivity contribution in [3.8, 4) is 11.5 Å². The van der Waals surface area contributed by atoms with E-state index < -0.39 is 5.91 Å². The molecule has 1 aliphatic rings. The van der Waals surface area contributed by atoms with E-state index in [0.717, 1.165) is 11.1 Å². The summed E-state index contributed by atoms with van der Waals surface area (Å²) in [6.07, 6.45) is 0. The van der Waals surface area contributed by atoms with Crippen LogP contribution in [0.15, 0.2) is 42.5 Å². The predicted octanol–water partition coefficient (Wildman–Crippen LogP) is 1.74. The quantitative estimate of drug-likeness (QED) is 0.309. The number of benzene rings is 2. The van der Waals surface area contributed by atoms with Crippen LogP contribution in [0.25, 0.3) is 0 Å². The first-order chi connectivity index (χ1) is 12.5. The summed E-state index contributed by atoms with van der Waals surface area (Å²) >= 11 is 5.99. The van der Waals surface area contributed by atoms with Crippen LogP contribution in [0.1, 0.15) is 30.0 Å². The van der Waals surface area contributed by atoms with Gasteiger partial charge in [-0.05, 0) is 30.7 Å². The first-order valence-electron chi connectivity index (χ1n) is 8.21. The molecule has 2 aromatic carbocycles. The van der Waals surface area contributed by atoms with Crippen LogP contribution in [0.4, 0.5) is 0 Å². The number of nitrogens with two attached hydrogens (primary N) is 1. The molecule has 0 spiro atoms. The molecule has 1 saturated heterocycles. The van der Waals surface area contributed by atoms with Crippen molar-refractivity contribution in [3.05, 3.63) is 58.6 Å². The standard InChI is InChI=1S/C18H21ClN4O3/c1-10-17(11-2-4-12(19)5-3-11)18(23-22-10)14-7-6-13(8-15(14)24)26-9-16(25)21-20/h2-8,10,17-18,22-24H,9,20H2,1H3,(H,21,25). The molecule has 26 heavy (non-hydrogen) atoms. The van der Waals surface area contributed by atoms with Gasteiger partial charge in [0.1, 0.15) is 11.5 Å². The maximum atomic E-state index is 11.2. The molecule has 7 nitrogen and oxygen atoms in total. The summed E-state index contributed by atoms with van der Waals surface area (Å²) in [7, 11) is 0. The Hall–Kier alpha value is -2.32. The van der Waals surface area contributed by atoms with Crippen molar-refractivity contribution in [1.82, 2.24) is 16.3 Å². The second-order valence-corrected chi connectivity index (χ2v) is 6.65. The lowest BCUT2D eigenvalue weighted by Crippen LogP contribution is -2.34. The third-order valence-electron chi connectivity index (χ3n) is 4.49. The zero-order valence-corrected chi connectivity index (χ0v) is 15.0. The zero-order valence-electron chi connectivity index (χ0n) is 14.2. The first-order valence-corrected chi connectivity index (χ1v) is 8.59. The number of carbonyl (C=O) groups is 1. The van der Waals surface area contributed by atoms with Gasteiger partial charge >= 0.3 is 0 Å². The Balaban J connectivity index is 1.82. The highest BCUT2D eigenvalue weighted by Gasteiger charge is 2.36. The number of amides is 1. The van der Waals surface area contributed by atoms with Crippen LogP contribution in [0.2, 0.25) is 5.02 Å². The van der Waals surface area contributed by atoms with Gasteiger partial charge in [0.05, 0.1) is 6.04 Å². The second-order valence-electron chi connectivity index (χ2n) is 6.21. The molecule has 0 bridgehead atoms. The number of phenolic OH excluding ortho intramolecular Hbond substituents is 1. The summed E-state index contributed by atoms with van der Waals surface area (Å²) in [4.78, 5) is 11.2. The summed E-state index contributed by atoms with van der Waals surface area (Å²) in [6.45, 7) is 1.86. The highest BCUT2D eigenvalue weighted by atomic mass is 35.5. The molecule has 0 radical (unpaired) electrons. The molecule has 3 atom stereocenters. The van der Waals surface area contributed by atoms with Crippen LogP contribution in [0.5, 0.6) is 11.5 Å². The van der Waals surface area contributed by atoms with Crippen LogP contribution in [-0.2, 0) is 4.79 Å². The van der Waals surface area contributed by atoms with Gasteiger partial charge in [0.2, 0.25) is 0 Å². The number of hydrogen-bond acceptors (Lipinski definition) is 6. The molecule has 6 N–H and O–H groups in total. The van der Waals surface area contributed by atoms with Crippen molar-refractivity contribution < 1.29 is 14.6 Å². The average molecular weight is 377 g/mol. The SMILES string of the molecule is CC1NNC(c2ccc(OCC(=O)NN)cc2O)C1c1ccc(Cl)cc1. The highest BCUT2D eigenvalue weighted by Crippen LogP contribution is 2.41. The zero-order chi connectivity index (χ0) is 18.7. The lowest BCUT2D eigenvalue weighted by molar-refractivity contribution is -0.123. The van der Waals surface area contributed by atoms with Gasteiger partial charge in [-0.3, -0.25) is 15.6 Å². The van der Waals surface area contributed by atoms with E-state index in [4.69, 9.17) is 22.2 Å². The van der Waals surface area contributed by atoms with E-state index >= 15 is 0 Å². The molecule has 0 aliphatic carbocycles. The van der Waals surface area contributed by atoms with Gasteiger partial charge in [0, 0.05) is 28.6 Å². The second kappa shape index (κ2) is 7.92. The van der Waals surface area contributed by atoms with E-state index in [1.807, 2.05) is 29.7 Å². The maximum Gasteiger partial charge on any atom is 0.271 e. The minimum Gasteiger partial charge on any atom is -0.507 e. The van der Waals surface area contributed by atoms with Crippen molar-refractivity contribution in [2.24, 2.45) is 5.84 Å². The summed E-state index contributed by atoms with van der Waals surface area (Å²) in [5.41, 5.74) is 10.3. The fourth-order valence-corrected chi connectivity index (χ4v) is 3.32. The van der Waals surface area contributed by atoms with Gasteiger partial charge in [-0.2, -0.15) is 0 Å². The molecule has 3 unspecified atom stereocenters. The highest BCUT2D eigenvalue weighted by molar-refractivity contribution is 6.30. The Morgan fingerprint density at radius 2 is 2.00 bits per heavy atom. The van der Waals surface area contributed by atoms with Crippen molar-refractivity contribution in [3.63, 3.8) is 0 Å². The largest absolute Gasteiger partial charge is 0.507 e. The van der Waals surface area contributed by atoms with Crippen LogP contribution in [-0.4, -0.2) is 23.7 Å². The van der Waals surface area contributed by atoms with Gasteiger partial charge in [0.25, 0.3) is 5.91 Å². The lowest BCUT2D eigenvalue weighted by Gasteiger charge is -2.23. The number of carbonyl (C=O) groups excluding carboxylic acids is 1. The summed E-state index contributed by atoms with van der Waals surface area (Å²) < 4.78 is 5.30. The van der Waals surface area contributed by atoms with Gasteiger partial charge in [-0.1, -0.05) is 29.8 Å². The maximum absolute atomic E-state index is 11.2. The van der Waals surface area contributed by atoms with E-state index in [2.05, 4.69) is 17.8 Å². The van der Waals surface area contributed by atoms with Gasteiger partial charge < -0.3 is 9.84 Å². The lowest BCUT2D eigenvalue weighted by atomic mass is 9.84. The van der Waals surface area contributed by atoms with E-state index in [1.54, 1.807) is 12.1 Å². The third-order valence-corrected chi connectivity index (χ3v) is 4.74. The molecule has 3 rings (SSSR count). The number of hydrogen-bond donors (Lipinski definition) is 5. The van der Waals surface area contributed by atoms with E-state index in [-0.39, 0.29) is 30.4 Å². The number of hydrazine groups is 2. The normalized spacial score (nSPS) is 22.2. The fraction of sp³-hybridized carbons (Fsp3) is 0.278. The summed E-state index contributed by atoms with van der Waals surface area (Å²) in [6, 6.07) is 12.7. The Morgan fingerprint density at radius 1 is 1.27 bits per heavy atom. The Bertz CT molecular complexity index is 785. The molecule has 1 amide bonds. The van der Waals surface area contributed by atoms with Gasteiger partial charge in [0.15, 0.2) is 6.61 Å². The van der Waals surface area contributed by atoms with Crippen LogP contribution < -0.4 is 26.9 Å². The number of phenols is 1. The van der Waals surface area contributed by atoms with E-state index in [0.29, 0.717) is 10.8 Å². The number of nitrogens with one attached hydrogen (secondary N) is 3.